The number of benzene rings is 3. The Morgan fingerprint density at radius 2 is 1.80 bits per heavy atom. The van der Waals surface area contributed by atoms with Gasteiger partial charge in [-0.25, -0.2) is 5.01 Å². The van der Waals surface area contributed by atoms with E-state index < -0.39 is 28.4 Å². The standard InChI is InChI=1S/C29H23ClN4O6/c30-19-13-11-17(12-14-19)27-21-7-1-2-8-22(21)31-29(38)28(27)23-16-24(18-5-3-6-20(15-18)34(39)40)33(32-23)25(35)9-4-10-26(36)37/h1-3,5-8,11-15,24H,4,9-10,16H2,(H,31,38)(H,36,37)/t24-/m0/s1. The third kappa shape index (κ3) is 5.34. The summed E-state index contributed by atoms with van der Waals surface area (Å²) in [4.78, 5) is 51.7. The van der Waals surface area contributed by atoms with Gasteiger partial charge in [0.25, 0.3) is 11.2 Å². The van der Waals surface area contributed by atoms with E-state index in [0.29, 0.717) is 27.4 Å². The summed E-state index contributed by atoms with van der Waals surface area (Å²) in [5, 5.41) is 27.6. The molecule has 3 aromatic carbocycles. The van der Waals surface area contributed by atoms with E-state index in [-0.39, 0.29) is 36.9 Å². The van der Waals surface area contributed by atoms with Crippen molar-refractivity contribution in [2.24, 2.45) is 5.10 Å². The number of para-hydroxylation sites is 1. The van der Waals surface area contributed by atoms with E-state index in [1.165, 1.54) is 23.2 Å². The van der Waals surface area contributed by atoms with Crippen molar-refractivity contribution >= 4 is 45.8 Å². The van der Waals surface area contributed by atoms with Crippen LogP contribution in [0.2, 0.25) is 5.02 Å². The van der Waals surface area contributed by atoms with E-state index in [1.807, 2.05) is 18.2 Å². The van der Waals surface area contributed by atoms with Gasteiger partial charge in [0.2, 0.25) is 5.91 Å². The number of aromatic nitrogens is 1. The van der Waals surface area contributed by atoms with E-state index in [1.54, 1.807) is 36.4 Å². The Hall–Kier alpha value is -4.83. The van der Waals surface area contributed by atoms with Gasteiger partial charge in [0.15, 0.2) is 0 Å². The van der Waals surface area contributed by atoms with Gasteiger partial charge in [-0.1, -0.05) is 54.1 Å². The number of nitro benzene ring substituents is 1. The number of pyridine rings is 1. The van der Waals surface area contributed by atoms with Crippen LogP contribution >= 0.6 is 11.6 Å². The zero-order valence-electron chi connectivity index (χ0n) is 21.0. The zero-order chi connectivity index (χ0) is 28.4. The molecule has 1 atom stereocenters. The SMILES string of the molecule is O=C(O)CCCC(=O)N1N=C(c2c(-c3ccc(Cl)cc3)c3ccccc3[nH]c2=O)C[C@H]1c1cccc([N+](=O)[O-])c1. The summed E-state index contributed by atoms with van der Waals surface area (Å²) in [5.41, 5.74) is 2.50. The van der Waals surface area contributed by atoms with Crippen molar-refractivity contribution in [3.63, 3.8) is 0 Å². The lowest BCUT2D eigenvalue weighted by molar-refractivity contribution is -0.385. The van der Waals surface area contributed by atoms with E-state index >= 15 is 0 Å². The van der Waals surface area contributed by atoms with Crippen LogP contribution in [0.5, 0.6) is 0 Å². The van der Waals surface area contributed by atoms with E-state index in [4.69, 9.17) is 16.7 Å². The summed E-state index contributed by atoms with van der Waals surface area (Å²) in [5.74, 6) is -1.47. The monoisotopic (exact) mass is 558 g/mol. The highest BCUT2D eigenvalue weighted by Crippen LogP contribution is 2.38. The Labute approximate surface area is 232 Å². The minimum Gasteiger partial charge on any atom is -0.481 e. The molecule has 10 nitrogen and oxygen atoms in total. The quantitative estimate of drug-likeness (QED) is 0.210. The molecule has 0 bridgehead atoms. The summed E-state index contributed by atoms with van der Waals surface area (Å²) in [6.45, 7) is 0. The van der Waals surface area contributed by atoms with Crippen LogP contribution in [0, 0.1) is 10.1 Å². The predicted octanol–water partition coefficient (Wildman–Crippen LogP) is 5.69. The van der Waals surface area contributed by atoms with Crippen molar-refractivity contribution < 1.29 is 19.6 Å². The van der Waals surface area contributed by atoms with Crippen molar-refractivity contribution in [1.82, 2.24) is 9.99 Å². The van der Waals surface area contributed by atoms with Crippen molar-refractivity contribution in [1.29, 1.82) is 0 Å². The molecule has 1 aromatic heterocycles. The molecule has 0 fully saturated rings. The Morgan fingerprint density at radius 3 is 2.52 bits per heavy atom. The molecule has 2 N–H and O–H groups in total. The molecule has 1 amide bonds. The molecule has 4 aromatic rings. The maximum atomic E-state index is 13.6. The molecule has 1 aliphatic rings. The lowest BCUT2D eigenvalue weighted by Crippen LogP contribution is -2.27. The van der Waals surface area contributed by atoms with Gasteiger partial charge in [-0.05, 0) is 35.7 Å². The predicted molar refractivity (Wildman–Crippen MR) is 150 cm³/mol. The molecule has 0 aliphatic carbocycles. The van der Waals surface area contributed by atoms with Crippen LogP contribution in [0.15, 0.2) is 82.7 Å². The molecule has 2 heterocycles. The highest BCUT2D eigenvalue weighted by atomic mass is 35.5. The summed E-state index contributed by atoms with van der Waals surface area (Å²) < 4.78 is 0. The third-order valence-electron chi connectivity index (χ3n) is 6.76. The molecule has 11 heteroatoms. The van der Waals surface area contributed by atoms with Crippen molar-refractivity contribution in [2.45, 2.75) is 31.7 Å². The van der Waals surface area contributed by atoms with Crippen molar-refractivity contribution in [3.05, 3.63) is 109 Å². The van der Waals surface area contributed by atoms with Gasteiger partial charge in [-0.15, -0.1) is 0 Å². The lowest BCUT2D eigenvalue weighted by atomic mass is 9.91. The Kier molecular flexibility index (Phi) is 7.43. The second-order valence-electron chi connectivity index (χ2n) is 9.36. The maximum Gasteiger partial charge on any atom is 0.303 e. The van der Waals surface area contributed by atoms with Crippen molar-refractivity contribution in [3.8, 4) is 11.1 Å². The third-order valence-corrected chi connectivity index (χ3v) is 7.01. The second kappa shape index (κ2) is 11.1. The number of hydrogen-bond donors (Lipinski definition) is 2. The number of halogens is 1. The number of nitro groups is 1. The highest BCUT2D eigenvalue weighted by molar-refractivity contribution is 6.30. The van der Waals surface area contributed by atoms with Crippen LogP contribution < -0.4 is 5.56 Å². The number of nitrogens with one attached hydrogen (secondary N) is 1. The molecule has 40 heavy (non-hydrogen) atoms. The first-order valence-corrected chi connectivity index (χ1v) is 12.9. The number of aliphatic carboxylic acids is 1. The number of hydrazone groups is 1. The lowest BCUT2D eigenvalue weighted by Gasteiger charge is -2.22. The van der Waals surface area contributed by atoms with Crippen LogP contribution in [0.25, 0.3) is 22.0 Å². The average molecular weight is 559 g/mol. The van der Waals surface area contributed by atoms with E-state index in [2.05, 4.69) is 10.1 Å². The van der Waals surface area contributed by atoms with Crippen LogP contribution in [-0.4, -0.2) is 37.6 Å². The molecule has 202 valence electrons. The maximum absolute atomic E-state index is 13.6. The number of aromatic amines is 1. The first-order chi connectivity index (χ1) is 19.2. The number of carbonyl (C=O) groups excluding carboxylic acids is 1. The number of rotatable bonds is 8. The number of nitrogens with zero attached hydrogens (tertiary/aromatic N) is 3. The topological polar surface area (TPSA) is 146 Å². The van der Waals surface area contributed by atoms with Crippen LogP contribution in [0.3, 0.4) is 0 Å². The largest absolute Gasteiger partial charge is 0.481 e. The van der Waals surface area contributed by atoms with Gasteiger partial charge in [0.1, 0.15) is 0 Å². The van der Waals surface area contributed by atoms with Gasteiger partial charge in [-0.2, -0.15) is 5.10 Å². The van der Waals surface area contributed by atoms with Crippen LogP contribution in [0.4, 0.5) is 5.69 Å². The highest BCUT2D eigenvalue weighted by Gasteiger charge is 2.35. The minimum atomic E-state index is -1.02. The van der Waals surface area contributed by atoms with Gasteiger partial charge in [0.05, 0.1) is 22.2 Å². The fourth-order valence-electron chi connectivity index (χ4n) is 4.94. The second-order valence-corrected chi connectivity index (χ2v) is 9.80. The molecular weight excluding hydrogens is 536 g/mol. The first-order valence-electron chi connectivity index (χ1n) is 12.5. The van der Waals surface area contributed by atoms with Crippen molar-refractivity contribution in [2.75, 3.05) is 0 Å². The Bertz CT molecular complexity index is 1730. The minimum absolute atomic E-state index is 0.0906. The average Bonchev–Trinajstić information content (AvgIpc) is 3.38. The molecule has 0 saturated heterocycles. The van der Waals surface area contributed by atoms with E-state index in [9.17, 15) is 24.5 Å². The molecule has 0 radical (unpaired) electrons. The Balaban J connectivity index is 1.66. The number of non-ortho nitro benzene ring substituents is 1. The fraction of sp³-hybridized carbons (Fsp3) is 0.172. The van der Waals surface area contributed by atoms with Gasteiger partial charge < -0.3 is 10.1 Å². The zero-order valence-corrected chi connectivity index (χ0v) is 21.8. The van der Waals surface area contributed by atoms with Crippen LogP contribution in [0.1, 0.15) is 42.9 Å². The van der Waals surface area contributed by atoms with Crippen LogP contribution in [-0.2, 0) is 9.59 Å². The smallest absolute Gasteiger partial charge is 0.303 e. The molecular formula is C29H23ClN4O6. The molecule has 0 unspecified atom stereocenters. The molecule has 1 aliphatic heterocycles. The number of carboxylic acid groups (broad SMARTS) is 1. The summed E-state index contributed by atoms with van der Waals surface area (Å²) >= 11 is 6.13. The summed E-state index contributed by atoms with van der Waals surface area (Å²) in [6, 6.07) is 19.6. The fourth-order valence-corrected chi connectivity index (χ4v) is 5.06. The number of H-pyrrole nitrogens is 1. The number of amides is 1. The van der Waals surface area contributed by atoms with Gasteiger partial charge in [0, 0.05) is 52.9 Å². The number of hydrogen-bond acceptors (Lipinski definition) is 6. The normalized spacial score (nSPS) is 14.8. The summed E-state index contributed by atoms with van der Waals surface area (Å²) in [7, 11) is 0. The molecule has 0 spiro atoms. The first kappa shape index (κ1) is 26.8. The summed E-state index contributed by atoms with van der Waals surface area (Å²) in [6.07, 6.45) is -0.0626. The van der Waals surface area contributed by atoms with E-state index in [0.717, 1.165) is 10.9 Å². The number of carboxylic acids is 1. The van der Waals surface area contributed by atoms with Gasteiger partial charge >= 0.3 is 5.97 Å². The molecule has 5 rings (SSSR count). The Morgan fingerprint density at radius 1 is 1.05 bits per heavy atom. The molecule has 0 saturated carbocycles. The van der Waals surface area contributed by atoms with Gasteiger partial charge in [-0.3, -0.25) is 24.5 Å². The number of fused-ring (bicyclic) bond motifs is 1. The number of carbonyl (C=O) groups is 2.